The third kappa shape index (κ3) is 2.31. The summed E-state index contributed by atoms with van der Waals surface area (Å²) >= 11 is 0. The van der Waals surface area contributed by atoms with E-state index in [4.69, 9.17) is 4.74 Å². The van der Waals surface area contributed by atoms with Crippen molar-refractivity contribution >= 4 is 0 Å². The van der Waals surface area contributed by atoms with E-state index in [9.17, 15) is 4.39 Å². The van der Waals surface area contributed by atoms with Gasteiger partial charge in [0.15, 0.2) is 0 Å². The molecule has 0 amide bonds. The third-order valence-corrected chi connectivity index (χ3v) is 3.18. The van der Waals surface area contributed by atoms with Crippen LogP contribution in [0.3, 0.4) is 0 Å². The van der Waals surface area contributed by atoms with Gasteiger partial charge in [-0.3, -0.25) is 0 Å². The summed E-state index contributed by atoms with van der Waals surface area (Å²) < 4.78 is 18.1. The van der Waals surface area contributed by atoms with E-state index in [2.05, 4.69) is 0 Å². The van der Waals surface area contributed by atoms with Crippen LogP contribution in [0, 0.1) is 5.92 Å². The van der Waals surface area contributed by atoms with Gasteiger partial charge in [0.25, 0.3) is 0 Å². The highest BCUT2D eigenvalue weighted by Crippen LogP contribution is 2.31. The Kier molecular flexibility index (Phi) is 2.99. The van der Waals surface area contributed by atoms with Crippen LogP contribution in [0.15, 0.2) is 11.9 Å². The van der Waals surface area contributed by atoms with Crippen molar-refractivity contribution in [3.05, 3.63) is 11.9 Å². The quantitative estimate of drug-likeness (QED) is 0.608. The van der Waals surface area contributed by atoms with E-state index in [0.29, 0.717) is 12.0 Å². The molecular formula is C11H17FO. The standard InChI is InChI=1S/C11H17FO/c12-10-6-7-11(13-8-10)9-4-2-1-3-5-9/h6,9,11H,1-5,7-8H2/t11-/m0/s1. The predicted molar refractivity (Wildman–Crippen MR) is 50.1 cm³/mol. The lowest BCUT2D eigenvalue weighted by atomic mass is 9.83. The fraction of sp³-hybridized carbons (Fsp3) is 0.818. The number of halogens is 1. The van der Waals surface area contributed by atoms with Crippen LogP contribution in [0.4, 0.5) is 4.39 Å². The lowest BCUT2D eigenvalue weighted by molar-refractivity contribution is -0.00105. The summed E-state index contributed by atoms with van der Waals surface area (Å²) in [6.45, 7) is 0.209. The molecule has 2 aliphatic rings. The van der Waals surface area contributed by atoms with Crippen LogP contribution in [0.5, 0.6) is 0 Å². The van der Waals surface area contributed by atoms with E-state index in [-0.39, 0.29) is 12.4 Å². The van der Waals surface area contributed by atoms with E-state index in [1.807, 2.05) is 0 Å². The topological polar surface area (TPSA) is 9.23 Å². The van der Waals surface area contributed by atoms with Gasteiger partial charge in [-0.25, -0.2) is 4.39 Å². The molecule has 0 aromatic carbocycles. The molecule has 0 saturated heterocycles. The van der Waals surface area contributed by atoms with Gasteiger partial charge in [0.05, 0.1) is 12.7 Å². The van der Waals surface area contributed by atoms with Crippen molar-refractivity contribution in [1.82, 2.24) is 0 Å². The van der Waals surface area contributed by atoms with Crippen LogP contribution < -0.4 is 0 Å². The zero-order chi connectivity index (χ0) is 9.10. The highest BCUT2D eigenvalue weighted by Gasteiger charge is 2.25. The molecule has 1 aliphatic carbocycles. The summed E-state index contributed by atoms with van der Waals surface area (Å²) in [4.78, 5) is 0. The minimum atomic E-state index is -0.0907. The van der Waals surface area contributed by atoms with Gasteiger partial charge >= 0.3 is 0 Å². The average molecular weight is 184 g/mol. The van der Waals surface area contributed by atoms with Gasteiger partial charge in [0.1, 0.15) is 5.83 Å². The number of rotatable bonds is 1. The first-order chi connectivity index (χ1) is 6.36. The molecule has 1 heterocycles. The van der Waals surface area contributed by atoms with Crippen molar-refractivity contribution in [1.29, 1.82) is 0 Å². The van der Waals surface area contributed by atoms with Gasteiger partial charge in [0.2, 0.25) is 0 Å². The molecule has 1 atom stereocenters. The summed E-state index contributed by atoms with van der Waals surface area (Å²) in [6, 6.07) is 0. The Morgan fingerprint density at radius 1 is 1.23 bits per heavy atom. The summed E-state index contributed by atoms with van der Waals surface area (Å²) in [6.07, 6.45) is 9.38. The Hall–Kier alpha value is -0.370. The van der Waals surface area contributed by atoms with Crippen LogP contribution in [0.25, 0.3) is 0 Å². The van der Waals surface area contributed by atoms with E-state index in [1.165, 1.54) is 32.1 Å². The summed E-state index contributed by atoms with van der Waals surface area (Å²) in [5.41, 5.74) is 0. The maximum Gasteiger partial charge on any atom is 0.122 e. The molecule has 1 saturated carbocycles. The second-order valence-corrected chi connectivity index (χ2v) is 4.13. The maximum atomic E-state index is 12.7. The van der Waals surface area contributed by atoms with Crippen molar-refractivity contribution in [3.8, 4) is 0 Å². The van der Waals surface area contributed by atoms with E-state index < -0.39 is 0 Å². The molecule has 13 heavy (non-hydrogen) atoms. The third-order valence-electron chi connectivity index (χ3n) is 3.18. The van der Waals surface area contributed by atoms with E-state index in [1.54, 1.807) is 6.08 Å². The second kappa shape index (κ2) is 4.23. The molecule has 0 bridgehead atoms. The normalized spacial score (nSPS) is 31.5. The van der Waals surface area contributed by atoms with Crippen LogP contribution in [0.2, 0.25) is 0 Å². The Bertz CT molecular complexity index is 194. The molecule has 2 heteroatoms. The largest absolute Gasteiger partial charge is 0.371 e. The molecule has 0 N–H and O–H groups in total. The monoisotopic (exact) mass is 184 g/mol. The molecule has 0 aromatic heterocycles. The molecule has 1 aliphatic heterocycles. The van der Waals surface area contributed by atoms with Crippen molar-refractivity contribution < 1.29 is 9.13 Å². The molecule has 0 aromatic rings. The Balaban J connectivity index is 1.86. The molecule has 1 nitrogen and oxygen atoms in total. The molecule has 0 spiro atoms. The second-order valence-electron chi connectivity index (χ2n) is 4.13. The van der Waals surface area contributed by atoms with Crippen LogP contribution in [-0.4, -0.2) is 12.7 Å². The van der Waals surface area contributed by atoms with E-state index >= 15 is 0 Å². The number of hydrogen-bond acceptors (Lipinski definition) is 1. The first-order valence-electron chi connectivity index (χ1n) is 5.32. The molecule has 0 unspecified atom stereocenters. The van der Waals surface area contributed by atoms with Crippen LogP contribution in [0.1, 0.15) is 38.5 Å². The van der Waals surface area contributed by atoms with Crippen molar-refractivity contribution in [2.24, 2.45) is 5.92 Å². The van der Waals surface area contributed by atoms with Gasteiger partial charge in [-0.15, -0.1) is 0 Å². The van der Waals surface area contributed by atoms with Crippen LogP contribution in [-0.2, 0) is 4.74 Å². The SMILES string of the molecule is FC1=CC[C@@H](C2CCCCC2)OC1. The minimum Gasteiger partial charge on any atom is -0.371 e. The fourth-order valence-electron chi connectivity index (χ4n) is 2.39. The first kappa shape index (κ1) is 9.20. The zero-order valence-corrected chi connectivity index (χ0v) is 7.97. The van der Waals surface area contributed by atoms with Gasteiger partial charge < -0.3 is 4.74 Å². The lowest BCUT2D eigenvalue weighted by Crippen LogP contribution is -2.28. The highest BCUT2D eigenvalue weighted by molar-refractivity contribution is 4.98. The zero-order valence-electron chi connectivity index (χ0n) is 7.97. The Morgan fingerprint density at radius 3 is 2.62 bits per heavy atom. The molecule has 74 valence electrons. The number of hydrogen-bond donors (Lipinski definition) is 0. The average Bonchev–Trinajstić information content (AvgIpc) is 2.20. The smallest absolute Gasteiger partial charge is 0.122 e. The van der Waals surface area contributed by atoms with Crippen LogP contribution >= 0.6 is 0 Å². The summed E-state index contributed by atoms with van der Waals surface area (Å²) in [5.74, 6) is 0.602. The van der Waals surface area contributed by atoms with Crippen molar-refractivity contribution in [3.63, 3.8) is 0 Å². The Morgan fingerprint density at radius 2 is 2.00 bits per heavy atom. The first-order valence-corrected chi connectivity index (χ1v) is 5.32. The molecule has 2 rings (SSSR count). The predicted octanol–water partition coefficient (Wildman–Crippen LogP) is 3.21. The molecular weight excluding hydrogens is 167 g/mol. The molecule has 1 fully saturated rings. The van der Waals surface area contributed by atoms with Gasteiger partial charge in [-0.2, -0.15) is 0 Å². The van der Waals surface area contributed by atoms with Crippen molar-refractivity contribution in [2.75, 3.05) is 6.61 Å². The highest BCUT2D eigenvalue weighted by atomic mass is 19.1. The lowest BCUT2D eigenvalue weighted by Gasteiger charge is -2.31. The van der Waals surface area contributed by atoms with Gasteiger partial charge in [0, 0.05) is 0 Å². The van der Waals surface area contributed by atoms with Crippen molar-refractivity contribution in [2.45, 2.75) is 44.6 Å². The summed E-state index contributed by atoms with van der Waals surface area (Å²) in [7, 11) is 0. The fourth-order valence-corrected chi connectivity index (χ4v) is 2.39. The van der Waals surface area contributed by atoms with E-state index in [0.717, 1.165) is 6.42 Å². The Labute approximate surface area is 79.0 Å². The maximum absolute atomic E-state index is 12.7. The molecule has 0 radical (unpaired) electrons. The minimum absolute atomic E-state index is 0.0907. The summed E-state index contributed by atoms with van der Waals surface area (Å²) in [5, 5.41) is 0. The number of ether oxygens (including phenoxy) is 1. The van der Waals surface area contributed by atoms with Gasteiger partial charge in [-0.05, 0) is 31.3 Å². The van der Waals surface area contributed by atoms with Gasteiger partial charge in [-0.1, -0.05) is 19.3 Å².